The maximum Gasteiger partial charge on any atom is 0.257 e. The third-order valence-corrected chi connectivity index (χ3v) is 19.6. The SMILES string of the molecule is c1ccc(P(c2ccccc2)c2cc(C3CCCCC3)cc3c2OC24Oc5c(cc(C6CCCCC6)cc5P(c5ccccc5)c5ccccc5)C[C@H]2CCC[C@@H]4C3)cc1. The molecule has 304 valence electrons. The van der Waals surface area contributed by atoms with Crippen molar-refractivity contribution < 1.29 is 9.47 Å². The predicted octanol–water partition coefficient (Wildman–Crippen LogP) is 12.0. The van der Waals surface area contributed by atoms with E-state index in [0.29, 0.717) is 23.7 Å². The first-order valence-electron chi connectivity index (χ1n) is 23.2. The van der Waals surface area contributed by atoms with E-state index in [1.807, 2.05) is 0 Å². The van der Waals surface area contributed by atoms with Crippen molar-refractivity contribution in [3.63, 3.8) is 0 Å². The topological polar surface area (TPSA) is 18.5 Å². The van der Waals surface area contributed by atoms with Gasteiger partial charge in [-0.25, -0.2) is 0 Å². The summed E-state index contributed by atoms with van der Waals surface area (Å²) in [6.07, 6.45) is 18.8. The van der Waals surface area contributed by atoms with Gasteiger partial charge in [0, 0.05) is 22.4 Å². The third-order valence-electron chi connectivity index (χ3n) is 14.7. The van der Waals surface area contributed by atoms with Crippen molar-refractivity contribution >= 4 is 47.7 Å². The number of hydrogen-bond acceptors (Lipinski definition) is 2. The average molecular weight is 825 g/mol. The molecule has 3 saturated carbocycles. The molecule has 2 atom stereocenters. The highest BCUT2D eigenvalue weighted by Crippen LogP contribution is 2.56. The quantitative estimate of drug-likeness (QED) is 0.142. The fourth-order valence-electron chi connectivity index (χ4n) is 11.8. The highest BCUT2D eigenvalue weighted by atomic mass is 31.1. The van der Waals surface area contributed by atoms with E-state index >= 15 is 0 Å². The van der Waals surface area contributed by atoms with Crippen LogP contribution in [-0.2, 0) is 12.8 Å². The lowest BCUT2D eigenvalue weighted by Crippen LogP contribution is -2.62. The normalized spacial score (nSPS) is 22.8. The van der Waals surface area contributed by atoms with Crippen LogP contribution in [0.3, 0.4) is 0 Å². The summed E-state index contributed by atoms with van der Waals surface area (Å²) >= 11 is 0. The molecule has 0 unspecified atom stereocenters. The average Bonchev–Trinajstić information content (AvgIpc) is 3.32. The second-order valence-corrected chi connectivity index (χ2v) is 22.8. The largest absolute Gasteiger partial charge is 0.451 e. The van der Waals surface area contributed by atoms with Crippen LogP contribution in [0.2, 0.25) is 0 Å². The fourth-order valence-corrected chi connectivity index (χ4v) is 16.7. The highest BCUT2D eigenvalue weighted by molar-refractivity contribution is 7.80. The van der Waals surface area contributed by atoms with E-state index in [2.05, 4.69) is 146 Å². The summed E-state index contributed by atoms with van der Waals surface area (Å²) in [6, 6.07) is 55.6. The lowest BCUT2D eigenvalue weighted by atomic mass is 9.68. The molecule has 1 spiro atoms. The first-order chi connectivity index (χ1) is 29.7. The van der Waals surface area contributed by atoms with Crippen molar-refractivity contribution in [2.75, 3.05) is 0 Å². The van der Waals surface area contributed by atoms with Gasteiger partial charge in [0.1, 0.15) is 11.5 Å². The fraction of sp³-hybridized carbons (Fsp3) is 0.357. The van der Waals surface area contributed by atoms with Crippen molar-refractivity contribution in [2.45, 2.75) is 114 Å². The van der Waals surface area contributed by atoms with Gasteiger partial charge in [-0.1, -0.05) is 178 Å². The van der Waals surface area contributed by atoms with Gasteiger partial charge in [0.25, 0.3) is 5.79 Å². The van der Waals surface area contributed by atoms with Crippen LogP contribution >= 0.6 is 15.8 Å². The molecule has 6 aromatic carbocycles. The second kappa shape index (κ2) is 16.9. The Morgan fingerprint density at radius 1 is 0.383 bits per heavy atom. The molecule has 2 aliphatic heterocycles. The van der Waals surface area contributed by atoms with Crippen LogP contribution in [0, 0.1) is 11.8 Å². The van der Waals surface area contributed by atoms with Crippen LogP contribution < -0.4 is 41.3 Å². The minimum absolute atomic E-state index is 0.302. The van der Waals surface area contributed by atoms with Gasteiger partial charge in [-0.3, -0.25) is 0 Å². The molecule has 0 aromatic heterocycles. The number of hydrogen-bond donors (Lipinski definition) is 0. The summed E-state index contributed by atoms with van der Waals surface area (Å²) in [5.74, 6) is 3.38. The van der Waals surface area contributed by atoms with Gasteiger partial charge >= 0.3 is 0 Å². The Balaban J connectivity index is 1.09. The number of fused-ring (bicyclic) bond motifs is 2. The van der Waals surface area contributed by atoms with Gasteiger partial charge in [0.05, 0.1) is 0 Å². The molecule has 4 heteroatoms. The van der Waals surface area contributed by atoms with Crippen molar-refractivity contribution in [3.05, 3.63) is 168 Å². The van der Waals surface area contributed by atoms with E-state index in [4.69, 9.17) is 9.47 Å². The number of rotatable bonds is 8. The maximum atomic E-state index is 7.98. The lowest BCUT2D eigenvalue weighted by molar-refractivity contribution is -0.225. The Hall–Kier alpha value is -4.22. The molecule has 0 radical (unpaired) electrons. The predicted molar refractivity (Wildman–Crippen MR) is 254 cm³/mol. The van der Waals surface area contributed by atoms with E-state index in [0.717, 1.165) is 37.2 Å². The summed E-state index contributed by atoms with van der Waals surface area (Å²) in [5, 5.41) is 8.30. The zero-order chi connectivity index (χ0) is 39.9. The first kappa shape index (κ1) is 38.7. The molecular weight excluding hydrogens is 767 g/mol. The number of ether oxygens (including phenoxy) is 2. The summed E-state index contributed by atoms with van der Waals surface area (Å²) in [5.41, 5.74) is 5.92. The van der Waals surface area contributed by atoms with Gasteiger partial charge < -0.3 is 9.47 Å². The molecule has 0 saturated heterocycles. The van der Waals surface area contributed by atoms with Gasteiger partial charge in [0.2, 0.25) is 0 Å². The smallest absolute Gasteiger partial charge is 0.257 e. The lowest BCUT2D eigenvalue weighted by Gasteiger charge is -2.54. The monoisotopic (exact) mass is 824 g/mol. The first-order valence-corrected chi connectivity index (χ1v) is 25.9. The Morgan fingerprint density at radius 3 is 1.08 bits per heavy atom. The Kier molecular flexibility index (Phi) is 10.9. The molecule has 2 nitrogen and oxygen atoms in total. The van der Waals surface area contributed by atoms with Gasteiger partial charge in [0.15, 0.2) is 0 Å². The van der Waals surface area contributed by atoms with E-state index in [1.54, 1.807) is 11.1 Å². The van der Waals surface area contributed by atoms with Crippen molar-refractivity contribution in [1.82, 2.24) is 0 Å². The minimum atomic E-state index is -0.869. The van der Waals surface area contributed by atoms with Crippen molar-refractivity contribution in [1.29, 1.82) is 0 Å². The van der Waals surface area contributed by atoms with Crippen LogP contribution in [0.1, 0.15) is 118 Å². The zero-order valence-corrected chi connectivity index (χ0v) is 36.8. The van der Waals surface area contributed by atoms with Crippen LogP contribution in [0.15, 0.2) is 146 Å². The molecule has 3 aliphatic carbocycles. The molecule has 60 heavy (non-hydrogen) atoms. The van der Waals surface area contributed by atoms with Gasteiger partial charge in [-0.05, 0) is 135 Å². The van der Waals surface area contributed by atoms with Crippen LogP contribution in [0.5, 0.6) is 11.5 Å². The summed E-state index contributed by atoms with van der Waals surface area (Å²) in [7, 11) is -1.74. The van der Waals surface area contributed by atoms with Crippen LogP contribution in [-0.4, -0.2) is 5.79 Å². The van der Waals surface area contributed by atoms with E-state index in [9.17, 15) is 0 Å². The summed E-state index contributed by atoms with van der Waals surface area (Å²) in [6.45, 7) is 0. The molecule has 2 heterocycles. The molecular formula is C56H58O2P2. The second-order valence-electron chi connectivity index (χ2n) is 18.4. The van der Waals surface area contributed by atoms with Crippen molar-refractivity contribution in [3.8, 4) is 11.5 Å². The zero-order valence-electron chi connectivity index (χ0n) is 35.0. The van der Waals surface area contributed by atoms with E-state index in [1.165, 1.54) is 114 Å². The molecule has 3 fully saturated rings. The molecule has 0 amide bonds. The third kappa shape index (κ3) is 7.25. The molecule has 11 rings (SSSR count). The van der Waals surface area contributed by atoms with Gasteiger partial charge in [-0.2, -0.15) is 0 Å². The highest BCUT2D eigenvalue weighted by Gasteiger charge is 2.58. The Morgan fingerprint density at radius 2 is 0.733 bits per heavy atom. The Bertz CT molecular complexity index is 2150. The van der Waals surface area contributed by atoms with E-state index in [-0.39, 0.29) is 0 Å². The molecule has 5 aliphatic rings. The molecule has 0 N–H and O–H groups in total. The summed E-state index contributed by atoms with van der Waals surface area (Å²) < 4.78 is 16.0. The molecule has 6 aromatic rings. The van der Waals surface area contributed by atoms with Crippen molar-refractivity contribution in [2.24, 2.45) is 11.8 Å². The maximum absolute atomic E-state index is 7.98. The Labute approximate surface area is 360 Å². The standard InChI is InChI=1S/C56H58O2P2/c1-7-20-40(21-8-1)42-34-44-36-46-24-19-25-47-37-45-35-43(41-22-9-2-10-23-41)39-53(60(50-30-15-5-16-31-50)51-32-17-6-18-33-51)55(45)58-56(46,47)57-54(44)52(38-42)59(48-26-11-3-12-27-48)49-28-13-4-14-29-49/h3-6,11-18,26-35,38-41,46-47H,1-2,7-10,19-25,36-37H2/t46-,47-,56?/m1/s1. The molecule has 0 bridgehead atoms. The minimum Gasteiger partial charge on any atom is -0.451 e. The van der Waals surface area contributed by atoms with Crippen LogP contribution in [0.25, 0.3) is 0 Å². The number of benzene rings is 6. The van der Waals surface area contributed by atoms with Crippen LogP contribution in [0.4, 0.5) is 0 Å². The van der Waals surface area contributed by atoms with E-state index < -0.39 is 21.6 Å². The van der Waals surface area contributed by atoms with Gasteiger partial charge in [-0.15, -0.1) is 0 Å². The summed E-state index contributed by atoms with van der Waals surface area (Å²) in [4.78, 5) is 0.